The molecule has 0 bridgehead atoms. The van der Waals surface area contributed by atoms with Gasteiger partial charge in [0.25, 0.3) is 5.69 Å². The fourth-order valence-corrected chi connectivity index (χ4v) is 2.74. The standard InChI is InChI=1S/C15H14BrFN2O2/c16-15-11(5-3-7-14(15)19(20)21)9-12(18)8-10-4-1-2-6-13(10)17/h1-7,12H,8-9,18H2. The van der Waals surface area contributed by atoms with Crippen LogP contribution < -0.4 is 5.73 Å². The molecule has 0 aliphatic carbocycles. The van der Waals surface area contributed by atoms with Gasteiger partial charge < -0.3 is 5.73 Å². The molecule has 1 unspecified atom stereocenters. The smallest absolute Gasteiger partial charge is 0.283 e. The third-order valence-electron chi connectivity index (χ3n) is 3.18. The molecule has 0 aromatic heterocycles. The Labute approximate surface area is 130 Å². The zero-order valence-corrected chi connectivity index (χ0v) is 12.7. The van der Waals surface area contributed by atoms with E-state index in [2.05, 4.69) is 15.9 Å². The van der Waals surface area contributed by atoms with Crippen LogP contribution in [0.4, 0.5) is 10.1 Å². The molecule has 2 N–H and O–H groups in total. The summed E-state index contributed by atoms with van der Waals surface area (Å²) in [5.41, 5.74) is 7.34. The quantitative estimate of drug-likeness (QED) is 0.660. The van der Waals surface area contributed by atoms with E-state index < -0.39 is 4.92 Å². The topological polar surface area (TPSA) is 69.2 Å². The third-order valence-corrected chi connectivity index (χ3v) is 4.09. The lowest BCUT2D eigenvalue weighted by Crippen LogP contribution is -2.26. The van der Waals surface area contributed by atoms with Crippen molar-refractivity contribution in [2.75, 3.05) is 0 Å². The number of nitrogens with two attached hydrogens (primary N) is 1. The normalized spacial score (nSPS) is 12.1. The van der Waals surface area contributed by atoms with Crippen LogP contribution in [0.15, 0.2) is 46.9 Å². The first kappa shape index (κ1) is 15.6. The molecule has 0 spiro atoms. The summed E-state index contributed by atoms with van der Waals surface area (Å²) >= 11 is 3.24. The van der Waals surface area contributed by atoms with Gasteiger partial charge in [0, 0.05) is 12.1 Å². The molecule has 0 aliphatic rings. The molecule has 110 valence electrons. The summed E-state index contributed by atoms with van der Waals surface area (Å²) in [4.78, 5) is 10.4. The van der Waals surface area contributed by atoms with Crippen LogP contribution >= 0.6 is 15.9 Å². The van der Waals surface area contributed by atoms with E-state index in [1.54, 1.807) is 30.3 Å². The van der Waals surface area contributed by atoms with Crippen molar-refractivity contribution in [3.05, 3.63) is 74.0 Å². The molecule has 0 saturated heterocycles. The minimum absolute atomic E-state index is 0.00518. The molecule has 0 amide bonds. The van der Waals surface area contributed by atoms with Gasteiger partial charge in [-0.25, -0.2) is 4.39 Å². The molecule has 6 heteroatoms. The van der Waals surface area contributed by atoms with Crippen LogP contribution in [0, 0.1) is 15.9 Å². The van der Waals surface area contributed by atoms with Crippen molar-refractivity contribution in [1.29, 1.82) is 0 Å². The van der Waals surface area contributed by atoms with Gasteiger partial charge in [-0.15, -0.1) is 0 Å². The highest BCUT2D eigenvalue weighted by Crippen LogP contribution is 2.29. The van der Waals surface area contributed by atoms with E-state index >= 15 is 0 Å². The van der Waals surface area contributed by atoms with Gasteiger partial charge in [0.2, 0.25) is 0 Å². The highest BCUT2D eigenvalue weighted by atomic mass is 79.9. The van der Waals surface area contributed by atoms with Crippen LogP contribution in [0.25, 0.3) is 0 Å². The van der Waals surface area contributed by atoms with Crippen LogP contribution in [-0.2, 0) is 12.8 Å². The van der Waals surface area contributed by atoms with E-state index in [0.29, 0.717) is 22.9 Å². The minimum Gasteiger partial charge on any atom is -0.327 e. The zero-order valence-electron chi connectivity index (χ0n) is 11.1. The van der Waals surface area contributed by atoms with E-state index in [0.717, 1.165) is 5.56 Å². The number of nitrogens with zero attached hydrogens (tertiary/aromatic N) is 1. The number of hydrogen-bond acceptors (Lipinski definition) is 3. The lowest BCUT2D eigenvalue weighted by molar-refractivity contribution is -0.385. The molecule has 0 heterocycles. The Balaban J connectivity index is 2.13. The Hall–Kier alpha value is -1.79. The molecule has 0 fully saturated rings. The minimum atomic E-state index is -0.448. The van der Waals surface area contributed by atoms with Crippen LogP contribution in [0.1, 0.15) is 11.1 Å². The van der Waals surface area contributed by atoms with Crippen LogP contribution in [0.5, 0.6) is 0 Å². The van der Waals surface area contributed by atoms with E-state index in [1.165, 1.54) is 12.1 Å². The molecule has 0 aliphatic heterocycles. The van der Waals surface area contributed by atoms with E-state index in [-0.39, 0.29) is 17.5 Å². The Kier molecular flexibility index (Phi) is 5.03. The van der Waals surface area contributed by atoms with Gasteiger partial charge in [0.15, 0.2) is 0 Å². The van der Waals surface area contributed by atoms with Crippen molar-refractivity contribution in [3.63, 3.8) is 0 Å². The van der Waals surface area contributed by atoms with E-state index in [4.69, 9.17) is 5.73 Å². The fraction of sp³-hybridized carbons (Fsp3) is 0.200. The summed E-state index contributed by atoms with van der Waals surface area (Å²) in [5.74, 6) is -0.286. The maximum absolute atomic E-state index is 13.6. The van der Waals surface area contributed by atoms with Gasteiger partial charge >= 0.3 is 0 Å². The van der Waals surface area contributed by atoms with Crippen LogP contribution in [0.3, 0.4) is 0 Å². The van der Waals surface area contributed by atoms with Crippen molar-refractivity contribution in [3.8, 4) is 0 Å². The summed E-state index contributed by atoms with van der Waals surface area (Å²) in [5, 5.41) is 10.9. The average Bonchev–Trinajstić information content (AvgIpc) is 2.43. The molecule has 21 heavy (non-hydrogen) atoms. The summed E-state index contributed by atoms with van der Waals surface area (Å²) in [6.07, 6.45) is 0.804. The number of nitro benzene ring substituents is 1. The van der Waals surface area contributed by atoms with Crippen molar-refractivity contribution in [2.24, 2.45) is 5.73 Å². The monoisotopic (exact) mass is 352 g/mol. The summed E-state index contributed by atoms with van der Waals surface area (Å²) in [7, 11) is 0. The second-order valence-corrected chi connectivity index (χ2v) is 5.56. The second kappa shape index (κ2) is 6.78. The van der Waals surface area contributed by atoms with Gasteiger partial charge in [0.05, 0.1) is 9.40 Å². The van der Waals surface area contributed by atoms with E-state index in [1.807, 2.05) is 0 Å². The SMILES string of the molecule is NC(Cc1ccccc1F)Cc1cccc([N+](=O)[O-])c1Br. The van der Waals surface area contributed by atoms with Crippen molar-refractivity contribution in [1.82, 2.24) is 0 Å². The highest BCUT2D eigenvalue weighted by Gasteiger charge is 2.17. The molecule has 1 atom stereocenters. The Morgan fingerprint density at radius 3 is 2.43 bits per heavy atom. The Morgan fingerprint density at radius 1 is 1.14 bits per heavy atom. The summed E-state index contributed by atoms with van der Waals surface area (Å²) < 4.78 is 14.0. The maximum atomic E-state index is 13.6. The number of hydrogen-bond donors (Lipinski definition) is 1. The van der Waals surface area contributed by atoms with Crippen LogP contribution in [-0.4, -0.2) is 11.0 Å². The first-order valence-electron chi connectivity index (χ1n) is 6.40. The summed E-state index contributed by atoms with van der Waals surface area (Å²) in [6.45, 7) is 0. The Morgan fingerprint density at radius 2 is 1.76 bits per heavy atom. The third kappa shape index (κ3) is 3.86. The number of nitro groups is 1. The Bertz CT molecular complexity index is 664. The van der Waals surface area contributed by atoms with Crippen molar-refractivity contribution >= 4 is 21.6 Å². The molecule has 0 saturated carbocycles. The fourth-order valence-electron chi connectivity index (χ4n) is 2.17. The maximum Gasteiger partial charge on any atom is 0.283 e. The average molecular weight is 353 g/mol. The lowest BCUT2D eigenvalue weighted by atomic mass is 9.99. The predicted molar refractivity (Wildman–Crippen MR) is 82.6 cm³/mol. The van der Waals surface area contributed by atoms with Crippen LogP contribution in [0.2, 0.25) is 0 Å². The number of benzene rings is 2. The van der Waals surface area contributed by atoms with E-state index in [9.17, 15) is 14.5 Å². The van der Waals surface area contributed by atoms with Gasteiger partial charge in [-0.3, -0.25) is 10.1 Å². The van der Waals surface area contributed by atoms with Gasteiger partial charge in [-0.1, -0.05) is 30.3 Å². The first-order chi connectivity index (χ1) is 9.99. The highest BCUT2D eigenvalue weighted by molar-refractivity contribution is 9.10. The molecule has 0 radical (unpaired) electrons. The number of rotatable bonds is 5. The first-order valence-corrected chi connectivity index (χ1v) is 7.19. The molecule has 2 rings (SSSR count). The molecular formula is C15H14BrFN2O2. The van der Waals surface area contributed by atoms with Crippen molar-refractivity contribution < 1.29 is 9.31 Å². The van der Waals surface area contributed by atoms with Gasteiger partial charge in [-0.05, 0) is 46.0 Å². The van der Waals surface area contributed by atoms with Gasteiger partial charge in [0.1, 0.15) is 5.82 Å². The summed E-state index contributed by atoms with van der Waals surface area (Å²) in [6, 6.07) is 11.0. The largest absolute Gasteiger partial charge is 0.327 e. The molecular weight excluding hydrogens is 339 g/mol. The molecule has 2 aromatic rings. The number of halogens is 2. The molecule has 4 nitrogen and oxygen atoms in total. The predicted octanol–water partition coefficient (Wildman–Crippen LogP) is 3.61. The van der Waals surface area contributed by atoms with Crippen molar-refractivity contribution in [2.45, 2.75) is 18.9 Å². The zero-order chi connectivity index (χ0) is 15.4. The lowest BCUT2D eigenvalue weighted by Gasteiger charge is -2.13. The van der Waals surface area contributed by atoms with Gasteiger partial charge in [-0.2, -0.15) is 0 Å². The molecule has 2 aromatic carbocycles. The second-order valence-electron chi connectivity index (χ2n) is 4.77.